The number of rotatable bonds is 6. The molecule has 4 aromatic carbocycles. The summed E-state index contributed by atoms with van der Waals surface area (Å²) < 4.78 is 0. The second kappa shape index (κ2) is 11.5. The lowest BCUT2D eigenvalue weighted by atomic mass is 9.86. The second-order valence-corrected chi connectivity index (χ2v) is 16.4. The Morgan fingerprint density at radius 1 is 0.717 bits per heavy atom. The molecule has 0 fully saturated rings. The number of benzene rings is 4. The normalized spacial score (nSPS) is 13.1. The molecule has 0 spiro atoms. The summed E-state index contributed by atoms with van der Waals surface area (Å²) in [5.41, 5.74) is 6.45. The Morgan fingerprint density at radius 2 is 1.46 bits per heavy atom. The van der Waals surface area contributed by atoms with Crippen molar-refractivity contribution < 1.29 is 0 Å². The highest BCUT2D eigenvalue weighted by Gasteiger charge is 2.26. The molecule has 3 heterocycles. The van der Waals surface area contributed by atoms with Gasteiger partial charge in [0.15, 0.2) is 5.82 Å². The minimum Gasteiger partial charge on any atom is -0.256 e. The number of hydrogen-bond donors (Lipinski definition) is 0. The van der Waals surface area contributed by atoms with E-state index in [9.17, 15) is 0 Å². The molecule has 1 aliphatic rings. The van der Waals surface area contributed by atoms with Crippen LogP contribution in [-0.2, 0) is 12.8 Å². The summed E-state index contributed by atoms with van der Waals surface area (Å²) in [7, 11) is 0. The Balaban J connectivity index is 1.45. The smallest absolute Gasteiger partial charge is 0.163 e. The third-order valence-electron chi connectivity index (χ3n) is 8.86. The Hall–Kier alpha value is -3.83. The van der Waals surface area contributed by atoms with E-state index in [4.69, 9.17) is 19.9 Å². The molecular weight excluding hydrogens is 581 g/mol. The molecule has 0 aliphatic carbocycles. The summed E-state index contributed by atoms with van der Waals surface area (Å²) in [6.07, 6.45) is 4.08. The Morgan fingerprint density at radius 3 is 2.13 bits per heavy atom. The zero-order chi connectivity index (χ0) is 32.5. The van der Waals surface area contributed by atoms with Gasteiger partial charge in [-0.1, -0.05) is 104 Å². The van der Waals surface area contributed by atoms with Crippen LogP contribution in [0, 0.1) is 11.3 Å². The van der Waals surface area contributed by atoms with Gasteiger partial charge in [0.2, 0.25) is 0 Å². The Bertz CT molecular complexity index is 2130. The standard InChI is InChI=1S/C41H44N4S/c1-22(2)16-32-29-13-10-25(21-41(7,8)9)17-28(29)19-33-36-35-30(14-15-42-36)31-18-27(12-11-26(31)20-34(35)46-37(32)33)40-44-38(23(3)4)43-39(45-40)24(5)6/h10-15,17-20,22-24H,16,21H2,1-9H3. The fraction of sp³-hybridized carbons (Fsp3) is 0.366. The highest BCUT2D eigenvalue weighted by atomic mass is 32.2. The van der Waals surface area contributed by atoms with E-state index in [0.29, 0.717) is 5.92 Å². The summed E-state index contributed by atoms with van der Waals surface area (Å²) in [6.45, 7) is 20.2. The minimum atomic E-state index is 0.230. The van der Waals surface area contributed by atoms with Crippen LogP contribution in [0.4, 0.5) is 0 Å². The first-order valence-electron chi connectivity index (χ1n) is 16.7. The van der Waals surface area contributed by atoms with Crippen LogP contribution >= 0.6 is 11.8 Å². The van der Waals surface area contributed by atoms with Crippen molar-refractivity contribution in [3.63, 3.8) is 0 Å². The van der Waals surface area contributed by atoms with Crippen LogP contribution in [-0.4, -0.2) is 19.9 Å². The zero-order valence-electron chi connectivity index (χ0n) is 28.6. The SMILES string of the molecule is CC(C)Cc1c2c(cc3cc(CC(C)(C)C)ccc13)-c1nccc3c1c(cc1ccc(-c4nc(C(C)C)nc(C(C)C)n4)cc13)S2. The lowest BCUT2D eigenvalue weighted by Crippen LogP contribution is -2.09. The van der Waals surface area contributed by atoms with Crippen LogP contribution in [0.25, 0.3) is 55.0 Å². The molecule has 0 unspecified atom stereocenters. The van der Waals surface area contributed by atoms with Crippen LogP contribution in [0.15, 0.2) is 70.6 Å². The van der Waals surface area contributed by atoms with E-state index in [1.54, 1.807) is 0 Å². The van der Waals surface area contributed by atoms with E-state index >= 15 is 0 Å². The van der Waals surface area contributed by atoms with Crippen molar-refractivity contribution in [1.29, 1.82) is 0 Å². The molecular formula is C41H44N4S. The molecule has 0 amide bonds. The molecule has 0 saturated heterocycles. The average molecular weight is 625 g/mol. The predicted octanol–water partition coefficient (Wildman–Crippen LogP) is 11.6. The molecule has 5 heteroatoms. The Kier molecular flexibility index (Phi) is 7.67. The first-order valence-corrected chi connectivity index (χ1v) is 17.6. The molecule has 6 aromatic rings. The summed E-state index contributed by atoms with van der Waals surface area (Å²) >= 11 is 1.93. The largest absolute Gasteiger partial charge is 0.256 e. The van der Waals surface area contributed by atoms with E-state index < -0.39 is 0 Å². The molecule has 2 aromatic heterocycles. The van der Waals surface area contributed by atoms with Gasteiger partial charge in [-0.3, -0.25) is 4.98 Å². The van der Waals surface area contributed by atoms with E-state index in [1.807, 2.05) is 18.0 Å². The number of fused-ring (bicyclic) bond motifs is 5. The lowest BCUT2D eigenvalue weighted by molar-refractivity contribution is 0.411. The van der Waals surface area contributed by atoms with Gasteiger partial charge in [0, 0.05) is 44.3 Å². The zero-order valence-corrected chi connectivity index (χ0v) is 29.4. The maximum Gasteiger partial charge on any atom is 0.163 e. The fourth-order valence-electron chi connectivity index (χ4n) is 6.79. The predicted molar refractivity (Wildman–Crippen MR) is 195 cm³/mol. The molecule has 1 aliphatic heterocycles. The van der Waals surface area contributed by atoms with Crippen LogP contribution in [0.2, 0.25) is 0 Å². The van der Waals surface area contributed by atoms with Crippen LogP contribution in [0.5, 0.6) is 0 Å². The van der Waals surface area contributed by atoms with Gasteiger partial charge < -0.3 is 0 Å². The van der Waals surface area contributed by atoms with Gasteiger partial charge in [-0.15, -0.1) is 0 Å². The van der Waals surface area contributed by atoms with Crippen molar-refractivity contribution in [3.05, 3.63) is 83.6 Å². The monoisotopic (exact) mass is 624 g/mol. The second-order valence-electron chi connectivity index (χ2n) is 15.3. The van der Waals surface area contributed by atoms with Crippen molar-refractivity contribution in [2.75, 3.05) is 0 Å². The highest BCUT2D eigenvalue weighted by molar-refractivity contribution is 8.00. The number of hydrogen-bond acceptors (Lipinski definition) is 5. The van der Waals surface area contributed by atoms with Gasteiger partial charge in [0.05, 0.1) is 5.69 Å². The first kappa shape index (κ1) is 30.8. The molecule has 234 valence electrons. The molecule has 46 heavy (non-hydrogen) atoms. The van der Waals surface area contributed by atoms with Crippen molar-refractivity contribution in [2.45, 2.75) is 96.8 Å². The maximum atomic E-state index is 5.09. The van der Waals surface area contributed by atoms with Crippen molar-refractivity contribution in [1.82, 2.24) is 19.9 Å². The first-order chi connectivity index (χ1) is 21.9. The summed E-state index contributed by atoms with van der Waals surface area (Å²) in [5.74, 6) is 3.45. The third-order valence-corrected chi connectivity index (χ3v) is 10.1. The molecule has 4 nitrogen and oxygen atoms in total. The highest BCUT2D eigenvalue weighted by Crippen LogP contribution is 2.52. The van der Waals surface area contributed by atoms with E-state index in [0.717, 1.165) is 41.6 Å². The van der Waals surface area contributed by atoms with Crippen LogP contribution in [0.3, 0.4) is 0 Å². The number of nitrogens with zero attached hydrogens (tertiary/aromatic N) is 4. The van der Waals surface area contributed by atoms with Gasteiger partial charge >= 0.3 is 0 Å². The number of aromatic nitrogens is 4. The minimum absolute atomic E-state index is 0.230. The van der Waals surface area contributed by atoms with E-state index in [2.05, 4.69) is 117 Å². The van der Waals surface area contributed by atoms with Crippen LogP contribution < -0.4 is 0 Å². The summed E-state index contributed by atoms with van der Waals surface area (Å²) in [6, 6.07) is 20.8. The summed E-state index contributed by atoms with van der Waals surface area (Å²) in [5, 5.41) is 7.59. The molecule has 0 atom stereocenters. The molecule has 0 radical (unpaired) electrons. The van der Waals surface area contributed by atoms with Crippen molar-refractivity contribution in [2.24, 2.45) is 11.3 Å². The topological polar surface area (TPSA) is 51.6 Å². The molecule has 7 rings (SSSR count). The number of pyridine rings is 1. The fourth-order valence-corrected chi connectivity index (χ4v) is 8.09. The summed E-state index contributed by atoms with van der Waals surface area (Å²) in [4.78, 5) is 22.3. The molecule has 0 saturated carbocycles. The van der Waals surface area contributed by atoms with Gasteiger partial charge in [0.25, 0.3) is 0 Å². The molecule has 0 N–H and O–H groups in total. The van der Waals surface area contributed by atoms with E-state index in [1.165, 1.54) is 58.8 Å². The Labute approximate surface area is 277 Å². The van der Waals surface area contributed by atoms with Gasteiger partial charge in [0.1, 0.15) is 11.6 Å². The molecule has 0 bridgehead atoms. The average Bonchev–Trinajstić information content (AvgIpc) is 3.00. The lowest BCUT2D eigenvalue weighted by Gasteiger charge is -2.25. The van der Waals surface area contributed by atoms with Gasteiger partial charge in [-0.2, -0.15) is 0 Å². The van der Waals surface area contributed by atoms with Crippen LogP contribution in [0.1, 0.15) is 96.9 Å². The maximum absolute atomic E-state index is 5.09. The van der Waals surface area contributed by atoms with Crippen molar-refractivity contribution in [3.8, 4) is 22.6 Å². The van der Waals surface area contributed by atoms with E-state index in [-0.39, 0.29) is 17.3 Å². The quantitative estimate of drug-likeness (QED) is 0.172. The van der Waals surface area contributed by atoms with Gasteiger partial charge in [-0.05, 0) is 86.5 Å². The van der Waals surface area contributed by atoms with Crippen molar-refractivity contribution >= 4 is 44.1 Å². The van der Waals surface area contributed by atoms with Gasteiger partial charge in [-0.25, -0.2) is 15.0 Å². The third kappa shape index (κ3) is 5.57.